The Morgan fingerprint density at radius 1 is 1.43 bits per heavy atom. The van der Waals surface area contributed by atoms with E-state index >= 15 is 0 Å². The molecule has 6 nitrogen and oxygen atoms in total. The first kappa shape index (κ1) is 13.9. The number of carbonyl (C=O) groups excluding carboxylic acids is 2. The summed E-state index contributed by atoms with van der Waals surface area (Å²) in [5, 5.41) is 0. The van der Waals surface area contributed by atoms with Crippen molar-refractivity contribution in [2.24, 2.45) is 0 Å². The number of carbonyl (C=O) groups is 2. The predicted molar refractivity (Wildman–Crippen MR) is 77.3 cm³/mol. The summed E-state index contributed by atoms with van der Waals surface area (Å²) in [5.41, 5.74) is 8.07. The van der Waals surface area contributed by atoms with Gasteiger partial charge in [0.25, 0.3) is 0 Å². The summed E-state index contributed by atoms with van der Waals surface area (Å²) in [6, 6.07) is 3.59. The Labute approximate surface area is 122 Å². The fourth-order valence-electron chi connectivity index (χ4n) is 3.27. The molecule has 1 aromatic rings. The summed E-state index contributed by atoms with van der Waals surface area (Å²) >= 11 is 0. The highest BCUT2D eigenvalue weighted by Gasteiger charge is 2.41. The molecule has 21 heavy (non-hydrogen) atoms. The van der Waals surface area contributed by atoms with E-state index in [1.54, 1.807) is 11.0 Å². The average molecular weight is 290 g/mol. The van der Waals surface area contributed by atoms with Crippen LogP contribution >= 0.6 is 0 Å². The van der Waals surface area contributed by atoms with Gasteiger partial charge >= 0.3 is 5.97 Å². The summed E-state index contributed by atoms with van der Waals surface area (Å²) in [4.78, 5) is 25.7. The third kappa shape index (κ3) is 2.06. The average Bonchev–Trinajstić information content (AvgIpc) is 2.93. The van der Waals surface area contributed by atoms with Crippen LogP contribution in [0.5, 0.6) is 0 Å². The highest BCUT2D eigenvalue weighted by Crippen LogP contribution is 2.45. The first-order chi connectivity index (χ1) is 10.0. The van der Waals surface area contributed by atoms with Crippen LogP contribution in [0.25, 0.3) is 0 Å². The number of nitrogen functional groups attached to an aromatic ring is 1. The van der Waals surface area contributed by atoms with E-state index < -0.39 is 5.97 Å². The molecule has 1 amide bonds. The van der Waals surface area contributed by atoms with Gasteiger partial charge in [0.1, 0.15) is 5.56 Å². The van der Waals surface area contributed by atoms with Crippen LogP contribution < -0.4 is 10.6 Å². The molecule has 0 bridgehead atoms. The van der Waals surface area contributed by atoms with Gasteiger partial charge in [-0.1, -0.05) is 6.07 Å². The lowest BCUT2D eigenvalue weighted by molar-refractivity contribution is -0.117. The SMILES string of the molecule is COC(=O)c1c(N)ccc2c1N(C(C)=O)CC1OCCC21. The molecular weight excluding hydrogens is 272 g/mol. The minimum Gasteiger partial charge on any atom is -0.465 e. The molecule has 2 unspecified atom stereocenters. The third-order valence-electron chi connectivity index (χ3n) is 4.25. The second-order valence-corrected chi connectivity index (χ2v) is 5.39. The Bertz CT molecular complexity index is 614. The zero-order chi connectivity index (χ0) is 15.1. The number of rotatable bonds is 1. The summed E-state index contributed by atoms with van der Waals surface area (Å²) in [7, 11) is 1.31. The van der Waals surface area contributed by atoms with Gasteiger partial charge in [0.15, 0.2) is 0 Å². The molecule has 0 spiro atoms. The molecule has 0 aliphatic carbocycles. The van der Waals surface area contributed by atoms with Crippen molar-refractivity contribution in [2.45, 2.75) is 25.4 Å². The van der Waals surface area contributed by atoms with Gasteiger partial charge in [-0.2, -0.15) is 0 Å². The Hall–Kier alpha value is -2.08. The lowest BCUT2D eigenvalue weighted by Gasteiger charge is -2.37. The molecule has 2 aliphatic rings. The monoisotopic (exact) mass is 290 g/mol. The lowest BCUT2D eigenvalue weighted by atomic mass is 9.85. The van der Waals surface area contributed by atoms with E-state index in [0.717, 1.165) is 12.0 Å². The number of hydrogen-bond donors (Lipinski definition) is 1. The number of amides is 1. The van der Waals surface area contributed by atoms with Gasteiger partial charge in [0.2, 0.25) is 5.91 Å². The van der Waals surface area contributed by atoms with E-state index in [4.69, 9.17) is 15.2 Å². The van der Waals surface area contributed by atoms with Crippen molar-refractivity contribution in [1.82, 2.24) is 0 Å². The van der Waals surface area contributed by atoms with Crippen LogP contribution in [0.4, 0.5) is 11.4 Å². The van der Waals surface area contributed by atoms with Crippen molar-refractivity contribution in [3.05, 3.63) is 23.3 Å². The maximum Gasteiger partial charge on any atom is 0.342 e. The highest BCUT2D eigenvalue weighted by molar-refractivity contribution is 6.07. The fraction of sp³-hybridized carbons (Fsp3) is 0.467. The second kappa shape index (κ2) is 5.04. The zero-order valence-corrected chi connectivity index (χ0v) is 12.1. The summed E-state index contributed by atoms with van der Waals surface area (Å²) < 4.78 is 10.5. The maximum atomic E-state index is 12.1. The van der Waals surface area contributed by atoms with Gasteiger partial charge in [-0.25, -0.2) is 4.79 Å². The van der Waals surface area contributed by atoms with Gasteiger partial charge in [0, 0.05) is 25.1 Å². The number of anilines is 2. The molecule has 0 aromatic heterocycles. The first-order valence-corrected chi connectivity index (χ1v) is 6.95. The maximum absolute atomic E-state index is 12.1. The summed E-state index contributed by atoms with van der Waals surface area (Å²) in [6.45, 7) is 2.59. The molecule has 2 heterocycles. The van der Waals surface area contributed by atoms with Crippen molar-refractivity contribution >= 4 is 23.3 Å². The number of esters is 1. The van der Waals surface area contributed by atoms with E-state index in [1.807, 2.05) is 6.07 Å². The van der Waals surface area contributed by atoms with Crippen LogP contribution in [0, 0.1) is 0 Å². The Morgan fingerprint density at radius 2 is 2.19 bits per heavy atom. The van der Waals surface area contributed by atoms with Crippen molar-refractivity contribution in [3.8, 4) is 0 Å². The predicted octanol–water partition coefficient (Wildman–Crippen LogP) is 1.29. The smallest absolute Gasteiger partial charge is 0.342 e. The molecule has 1 fully saturated rings. The molecule has 6 heteroatoms. The van der Waals surface area contributed by atoms with Gasteiger partial charge in [-0.15, -0.1) is 0 Å². The minimum atomic E-state index is -0.520. The van der Waals surface area contributed by atoms with Gasteiger partial charge in [-0.3, -0.25) is 4.79 Å². The number of benzene rings is 1. The van der Waals surface area contributed by atoms with Crippen molar-refractivity contribution in [3.63, 3.8) is 0 Å². The molecule has 2 atom stereocenters. The largest absolute Gasteiger partial charge is 0.465 e. The molecule has 0 radical (unpaired) electrons. The summed E-state index contributed by atoms with van der Waals surface area (Å²) in [5.74, 6) is -0.464. The standard InChI is InChI=1S/C15H18N2O4/c1-8(18)17-7-12-9(5-6-21-12)10-3-4-11(16)13(14(10)17)15(19)20-2/h3-4,9,12H,5-7,16H2,1-2H3. The number of fused-ring (bicyclic) bond motifs is 3. The van der Waals surface area contributed by atoms with Crippen molar-refractivity contribution < 1.29 is 19.1 Å². The zero-order valence-electron chi connectivity index (χ0n) is 12.1. The number of nitrogens with two attached hydrogens (primary N) is 1. The first-order valence-electron chi connectivity index (χ1n) is 6.95. The quantitative estimate of drug-likeness (QED) is 0.622. The molecule has 3 rings (SSSR count). The van der Waals surface area contributed by atoms with Crippen LogP contribution in [0.3, 0.4) is 0 Å². The Morgan fingerprint density at radius 3 is 2.86 bits per heavy atom. The number of nitrogens with zero attached hydrogens (tertiary/aromatic N) is 1. The van der Waals surface area contributed by atoms with Crippen LogP contribution in [0.15, 0.2) is 12.1 Å². The lowest BCUT2D eigenvalue weighted by Crippen LogP contribution is -2.43. The van der Waals surface area contributed by atoms with Crippen LogP contribution in [0.2, 0.25) is 0 Å². The molecule has 1 aromatic carbocycles. The van der Waals surface area contributed by atoms with Gasteiger partial charge in [0.05, 0.1) is 25.4 Å². The number of methoxy groups -OCH3 is 1. The molecule has 2 N–H and O–H groups in total. The number of hydrogen-bond acceptors (Lipinski definition) is 5. The third-order valence-corrected chi connectivity index (χ3v) is 4.25. The van der Waals surface area contributed by atoms with Crippen LogP contribution in [0.1, 0.15) is 35.2 Å². The normalized spacial score (nSPS) is 23.4. The molecule has 112 valence electrons. The van der Waals surface area contributed by atoms with E-state index in [9.17, 15) is 9.59 Å². The summed E-state index contributed by atoms with van der Waals surface area (Å²) in [6.07, 6.45) is 0.865. The highest BCUT2D eigenvalue weighted by atomic mass is 16.5. The fourth-order valence-corrected chi connectivity index (χ4v) is 3.27. The van der Waals surface area contributed by atoms with Crippen LogP contribution in [-0.4, -0.2) is 38.2 Å². The van der Waals surface area contributed by atoms with Gasteiger partial charge in [-0.05, 0) is 18.1 Å². The minimum absolute atomic E-state index is 0.0180. The van der Waals surface area contributed by atoms with E-state index in [0.29, 0.717) is 24.5 Å². The Balaban J connectivity index is 2.23. The molecule has 0 saturated carbocycles. The molecule has 2 aliphatic heterocycles. The van der Waals surface area contributed by atoms with E-state index in [-0.39, 0.29) is 23.5 Å². The van der Waals surface area contributed by atoms with E-state index in [2.05, 4.69) is 0 Å². The van der Waals surface area contributed by atoms with Gasteiger partial charge < -0.3 is 20.1 Å². The second-order valence-electron chi connectivity index (χ2n) is 5.39. The number of ether oxygens (including phenoxy) is 2. The Kier molecular flexibility index (Phi) is 3.33. The van der Waals surface area contributed by atoms with Crippen molar-refractivity contribution in [2.75, 3.05) is 30.9 Å². The van der Waals surface area contributed by atoms with E-state index in [1.165, 1.54) is 14.0 Å². The van der Waals surface area contributed by atoms with Crippen LogP contribution in [-0.2, 0) is 14.3 Å². The topological polar surface area (TPSA) is 81.9 Å². The molecular formula is C15H18N2O4. The molecule has 1 saturated heterocycles. The van der Waals surface area contributed by atoms with Crippen molar-refractivity contribution in [1.29, 1.82) is 0 Å².